The summed E-state index contributed by atoms with van der Waals surface area (Å²) in [6, 6.07) is 75.2. The van der Waals surface area contributed by atoms with E-state index >= 15 is 0 Å². The van der Waals surface area contributed by atoms with Crippen LogP contribution in [0.4, 0.5) is 0 Å². The smallest absolute Gasteiger partial charge is 0.227 e. The number of benzene rings is 9. The van der Waals surface area contributed by atoms with Crippen molar-refractivity contribution in [1.82, 2.24) is 15.0 Å². The molecule has 0 amide bonds. The van der Waals surface area contributed by atoms with E-state index in [0.717, 1.165) is 55.5 Å². The monoisotopic (exact) mass is 765 g/mol. The molecular weight excluding hydrogens is 731 g/mol. The van der Waals surface area contributed by atoms with Gasteiger partial charge in [-0.05, 0) is 91.7 Å². The van der Waals surface area contributed by atoms with Crippen molar-refractivity contribution in [3.8, 4) is 56.4 Å². The maximum Gasteiger partial charge on any atom is 0.227 e. The predicted octanol–water partition coefficient (Wildman–Crippen LogP) is 14.0. The molecule has 9 aromatic carbocycles. The molecule has 0 N–H and O–H groups in total. The molecule has 0 aliphatic heterocycles. The van der Waals surface area contributed by atoms with Crippen LogP contribution in [0, 0.1) is 0 Å². The molecule has 0 saturated carbocycles. The lowest BCUT2D eigenvalue weighted by Crippen LogP contribution is -2.28. The molecule has 11 aromatic rings. The van der Waals surface area contributed by atoms with Gasteiger partial charge in [-0.2, -0.15) is 0 Å². The van der Waals surface area contributed by atoms with Crippen LogP contribution in [0.15, 0.2) is 217 Å². The highest BCUT2D eigenvalue weighted by molar-refractivity contribution is 5.95. The molecule has 0 fully saturated rings. The SMILES string of the molecule is c1ccc(-c2nc3ccc(C4(c5ccc(-c6nc(-c7ccc(-c8ccc9ccccc9c8)cc7)c7ccccc7n6)cc5)c5ccccc5-c5ccccc54)cc3o2)cc1. The fourth-order valence-corrected chi connectivity index (χ4v) is 9.37. The van der Waals surface area contributed by atoms with Gasteiger partial charge in [0.2, 0.25) is 5.89 Å². The number of hydrogen-bond donors (Lipinski definition) is 0. The third kappa shape index (κ3) is 5.35. The normalized spacial score (nSPS) is 12.8. The van der Waals surface area contributed by atoms with Crippen molar-refractivity contribution in [3.63, 3.8) is 0 Å². The fraction of sp³-hybridized carbons (Fsp3) is 0.0179. The molecule has 0 atom stereocenters. The fourth-order valence-electron chi connectivity index (χ4n) is 9.37. The van der Waals surface area contributed by atoms with Gasteiger partial charge in [0.25, 0.3) is 0 Å². The lowest BCUT2D eigenvalue weighted by atomic mass is 9.67. The van der Waals surface area contributed by atoms with Gasteiger partial charge < -0.3 is 4.42 Å². The van der Waals surface area contributed by atoms with Gasteiger partial charge in [0.1, 0.15) is 5.52 Å². The zero-order chi connectivity index (χ0) is 39.6. The van der Waals surface area contributed by atoms with Gasteiger partial charge in [0.15, 0.2) is 11.4 Å². The van der Waals surface area contributed by atoms with E-state index in [1.807, 2.05) is 36.4 Å². The number of fused-ring (bicyclic) bond motifs is 6. The number of hydrogen-bond acceptors (Lipinski definition) is 4. The summed E-state index contributed by atoms with van der Waals surface area (Å²) in [5.41, 5.74) is 15.3. The summed E-state index contributed by atoms with van der Waals surface area (Å²) in [7, 11) is 0. The van der Waals surface area contributed by atoms with Gasteiger partial charge in [0, 0.05) is 22.1 Å². The van der Waals surface area contributed by atoms with Crippen LogP contribution >= 0.6 is 0 Å². The maximum atomic E-state index is 6.49. The minimum Gasteiger partial charge on any atom is -0.436 e. The van der Waals surface area contributed by atoms with Crippen LogP contribution in [0.1, 0.15) is 22.3 Å². The van der Waals surface area contributed by atoms with Gasteiger partial charge in [-0.25, -0.2) is 15.0 Å². The zero-order valence-corrected chi connectivity index (χ0v) is 32.5. The first-order chi connectivity index (χ1) is 29.7. The first-order valence-electron chi connectivity index (χ1n) is 20.3. The minimum absolute atomic E-state index is 0.609. The molecule has 4 heteroatoms. The third-order valence-electron chi connectivity index (χ3n) is 12.2. The molecule has 280 valence electrons. The Kier molecular flexibility index (Phi) is 7.72. The highest BCUT2D eigenvalue weighted by atomic mass is 16.3. The molecule has 0 bridgehead atoms. The largest absolute Gasteiger partial charge is 0.436 e. The second-order valence-electron chi connectivity index (χ2n) is 15.5. The predicted molar refractivity (Wildman–Crippen MR) is 244 cm³/mol. The molecule has 1 aliphatic carbocycles. The average Bonchev–Trinajstić information content (AvgIpc) is 3.89. The Morgan fingerprint density at radius 1 is 0.367 bits per heavy atom. The van der Waals surface area contributed by atoms with E-state index in [-0.39, 0.29) is 0 Å². The zero-order valence-electron chi connectivity index (χ0n) is 32.5. The standard InChI is InChI=1S/C56H35N3O/c1-2-13-40(14-3-1)55-58-51-33-32-44(35-52(51)60-55)56(48-19-9-6-16-45(48)46-17-7-10-20-49(46)56)43-30-28-39(29-31-43)54-57-50-21-11-8-18-47(50)53(59-54)38-25-22-37(23-26-38)42-27-24-36-12-4-5-15-41(36)34-42/h1-35H. The van der Waals surface area contributed by atoms with Crippen LogP contribution in [0.3, 0.4) is 0 Å². The molecule has 60 heavy (non-hydrogen) atoms. The van der Waals surface area contributed by atoms with E-state index in [9.17, 15) is 0 Å². The van der Waals surface area contributed by atoms with Crippen molar-refractivity contribution < 1.29 is 4.42 Å². The van der Waals surface area contributed by atoms with E-state index in [2.05, 4.69) is 176 Å². The Balaban J connectivity index is 0.976. The summed E-state index contributed by atoms with van der Waals surface area (Å²) >= 11 is 0. The van der Waals surface area contributed by atoms with Crippen molar-refractivity contribution in [3.05, 3.63) is 235 Å². The van der Waals surface area contributed by atoms with Gasteiger partial charge in [0.05, 0.1) is 16.6 Å². The molecule has 0 unspecified atom stereocenters. The molecule has 1 aliphatic rings. The second-order valence-corrected chi connectivity index (χ2v) is 15.5. The summed E-state index contributed by atoms with van der Waals surface area (Å²) in [5, 5.41) is 3.49. The minimum atomic E-state index is -0.609. The third-order valence-corrected chi connectivity index (χ3v) is 12.2. The van der Waals surface area contributed by atoms with Gasteiger partial charge in [-0.15, -0.1) is 0 Å². The van der Waals surface area contributed by atoms with E-state index in [4.69, 9.17) is 19.4 Å². The highest BCUT2D eigenvalue weighted by Crippen LogP contribution is 2.56. The first kappa shape index (κ1) is 34.1. The Morgan fingerprint density at radius 3 is 1.77 bits per heavy atom. The van der Waals surface area contributed by atoms with Gasteiger partial charge in [-0.1, -0.05) is 176 Å². The highest BCUT2D eigenvalue weighted by Gasteiger charge is 2.46. The van der Waals surface area contributed by atoms with E-state index in [1.54, 1.807) is 0 Å². The van der Waals surface area contributed by atoms with Crippen LogP contribution < -0.4 is 0 Å². The number of para-hydroxylation sites is 1. The number of rotatable bonds is 6. The van der Waals surface area contributed by atoms with Crippen LogP contribution in [-0.4, -0.2) is 15.0 Å². The van der Waals surface area contributed by atoms with Crippen LogP contribution in [0.2, 0.25) is 0 Å². The molecule has 0 spiro atoms. The Labute approximate surface area is 347 Å². The van der Waals surface area contributed by atoms with E-state index in [1.165, 1.54) is 44.2 Å². The summed E-state index contributed by atoms with van der Waals surface area (Å²) in [5.74, 6) is 1.30. The molecule has 2 heterocycles. The van der Waals surface area contributed by atoms with E-state index < -0.39 is 5.41 Å². The van der Waals surface area contributed by atoms with Crippen molar-refractivity contribution in [1.29, 1.82) is 0 Å². The van der Waals surface area contributed by atoms with Crippen molar-refractivity contribution >= 4 is 32.8 Å². The average molecular weight is 766 g/mol. The first-order valence-corrected chi connectivity index (χ1v) is 20.3. The molecular formula is C56H35N3O. The van der Waals surface area contributed by atoms with Crippen molar-refractivity contribution in [2.24, 2.45) is 0 Å². The second kappa shape index (κ2) is 13.6. The number of oxazole rings is 1. The van der Waals surface area contributed by atoms with Gasteiger partial charge in [-0.3, -0.25) is 0 Å². The maximum absolute atomic E-state index is 6.49. The summed E-state index contributed by atoms with van der Waals surface area (Å²) < 4.78 is 6.49. The quantitative estimate of drug-likeness (QED) is 0.169. The lowest BCUT2D eigenvalue weighted by Gasteiger charge is -2.33. The van der Waals surface area contributed by atoms with Crippen LogP contribution in [-0.2, 0) is 5.41 Å². The molecule has 4 nitrogen and oxygen atoms in total. The van der Waals surface area contributed by atoms with Crippen LogP contribution in [0.25, 0.3) is 89.1 Å². The topological polar surface area (TPSA) is 51.8 Å². The summed E-state index contributed by atoms with van der Waals surface area (Å²) in [6.45, 7) is 0. The molecule has 12 rings (SSSR count). The Bertz CT molecular complexity index is 3380. The van der Waals surface area contributed by atoms with Gasteiger partial charge >= 0.3 is 0 Å². The number of aromatic nitrogens is 3. The summed E-state index contributed by atoms with van der Waals surface area (Å²) in [4.78, 5) is 15.3. The Morgan fingerprint density at radius 2 is 0.983 bits per heavy atom. The van der Waals surface area contributed by atoms with E-state index in [0.29, 0.717) is 11.7 Å². The molecule has 0 radical (unpaired) electrons. The Hall–Kier alpha value is -7.95. The molecule has 2 aromatic heterocycles. The van der Waals surface area contributed by atoms with Crippen molar-refractivity contribution in [2.45, 2.75) is 5.41 Å². The lowest BCUT2D eigenvalue weighted by molar-refractivity contribution is 0.618. The van der Waals surface area contributed by atoms with Crippen LogP contribution in [0.5, 0.6) is 0 Å². The summed E-state index contributed by atoms with van der Waals surface area (Å²) in [6.07, 6.45) is 0. The number of nitrogens with zero attached hydrogens (tertiary/aromatic N) is 3. The van der Waals surface area contributed by atoms with Crippen molar-refractivity contribution in [2.75, 3.05) is 0 Å². The molecule has 0 saturated heterocycles.